The van der Waals surface area contributed by atoms with Gasteiger partial charge >= 0.3 is 5.97 Å². The number of carbonyl (C=O) groups is 2. The number of benzene rings is 2. The van der Waals surface area contributed by atoms with E-state index >= 15 is 0 Å². The second-order valence-electron chi connectivity index (χ2n) is 6.06. The maximum atomic E-state index is 13.8. The third kappa shape index (κ3) is 5.91. The molecule has 0 unspecified atom stereocenters. The lowest BCUT2D eigenvalue weighted by Gasteiger charge is -2.10. The highest BCUT2D eigenvalue weighted by atomic mass is 19.1. The number of halogens is 1. The maximum absolute atomic E-state index is 13.8. The summed E-state index contributed by atoms with van der Waals surface area (Å²) in [7, 11) is 1.38. The Hall–Kier alpha value is -3.66. The standard InChI is InChI=1S/C22H21FN2O4/c1-3-4-11-25-21(26)16(14-24)12-15-9-10-19(20(13-15)28-2)29-22(27)17-7-5-6-8-18(17)23/h5-10,12-13H,3-4,11H2,1-2H3,(H,25,26)/b16-12+. The van der Waals surface area contributed by atoms with Crippen molar-refractivity contribution in [2.45, 2.75) is 19.8 Å². The zero-order valence-corrected chi connectivity index (χ0v) is 16.2. The third-order valence-electron chi connectivity index (χ3n) is 3.98. The number of nitriles is 1. The van der Waals surface area contributed by atoms with Gasteiger partial charge in [-0.25, -0.2) is 9.18 Å². The summed E-state index contributed by atoms with van der Waals surface area (Å²) < 4.78 is 24.2. The molecule has 0 saturated heterocycles. The minimum Gasteiger partial charge on any atom is -0.493 e. The summed E-state index contributed by atoms with van der Waals surface area (Å²) in [5, 5.41) is 11.9. The minimum absolute atomic E-state index is 0.0562. The highest BCUT2D eigenvalue weighted by Gasteiger charge is 2.16. The lowest BCUT2D eigenvalue weighted by atomic mass is 10.1. The number of esters is 1. The molecule has 2 aromatic rings. The largest absolute Gasteiger partial charge is 0.493 e. The monoisotopic (exact) mass is 396 g/mol. The molecule has 0 atom stereocenters. The Balaban J connectivity index is 2.21. The van der Waals surface area contributed by atoms with Gasteiger partial charge in [-0.2, -0.15) is 5.26 Å². The van der Waals surface area contributed by atoms with Crippen molar-refractivity contribution in [3.05, 3.63) is 65.0 Å². The Bertz CT molecular complexity index is 964. The van der Waals surface area contributed by atoms with E-state index in [0.717, 1.165) is 18.9 Å². The van der Waals surface area contributed by atoms with Gasteiger partial charge in [0.25, 0.3) is 5.91 Å². The first-order valence-electron chi connectivity index (χ1n) is 9.04. The van der Waals surface area contributed by atoms with E-state index in [9.17, 15) is 19.2 Å². The van der Waals surface area contributed by atoms with Crippen LogP contribution in [0.25, 0.3) is 6.08 Å². The predicted octanol–water partition coefficient (Wildman–Crippen LogP) is 3.88. The number of ether oxygens (including phenoxy) is 2. The van der Waals surface area contributed by atoms with Gasteiger partial charge in [0.15, 0.2) is 11.5 Å². The Morgan fingerprint density at radius 3 is 2.62 bits per heavy atom. The molecule has 0 saturated carbocycles. The van der Waals surface area contributed by atoms with Gasteiger partial charge in [-0.1, -0.05) is 31.5 Å². The topological polar surface area (TPSA) is 88.4 Å². The molecule has 0 heterocycles. The van der Waals surface area contributed by atoms with Crippen LogP contribution in [0, 0.1) is 17.1 Å². The molecule has 0 spiro atoms. The Morgan fingerprint density at radius 2 is 1.97 bits per heavy atom. The Kier molecular flexibility index (Phi) is 7.92. The van der Waals surface area contributed by atoms with Crippen molar-refractivity contribution in [2.24, 2.45) is 0 Å². The molecule has 29 heavy (non-hydrogen) atoms. The van der Waals surface area contributed by atoms with Gasteiger partial charge in [-0.15, -0.1) is 0 Å². The van der Waals surface area contributed by atoms with E-state index in [4.69, 9.17) is 9.47 Å². The number of carbonyl (C=O) groups excluding carboxylic acids is 2. The maximum Gasteiger partial charge on any atom is 0.346 e. The lowest BCUT2D eigenvalue weighted by molar-refractivity contribution is -0.117. The van der Waals surface area contributed by atoms with Crippen LogP contribution in [0.3, 0.4) is 0 Å². The average molecular weight is 396 g/mol. The molecule has 150 valence electrons. The van der Waals surface area contributed by atoms with Crippen molar-refractivity contribution in [2.75, 3.05) is 13.7 Å². The van der Waals surface area contributed by atoms with Crippen molar-refractivity contribution >= 4 is 18.0 Å². The van der Waals surface area contributed by atoms with Gasteiger partial charge in [0.1, 0.15) is 17.5 Å². The van der Waals surface area contributed by atoms with Gasteiger partial charge in [-0.05, 0) is 42.3 Å². The van der Waals surface area contributed by atoms with E-state index in [0.29, 0.717) is 12.1 Å². The minimum atomic E-state index is -0.863. The molecule has 7 heteroatoms. The van der Waals surface area contributed by atoms with Crippen molar-refractivity contribution in [3.8, 4) is 17.6 Å². The summed E-state index contributed by atoms with van der Waals surface area (Å²) in [6.07, 6.45) is 3.16. The molecule has 6 nitrogen and oxygen atoms in total. The molecule has 0 fully saturated rings. The van der Waals surface area contributed by atoms with E-state index in [-0.39, 0.29) is 22.6 Å². The second-order valence-corrected chi connectivity index (χ2v) is 6.06. The number of methoxy groups -OCH3 is 1. The Morgan fingerprint density at radius 1 is 1.21 bits per heavy atom. The molecule has 0 aromatic heterocycles. The summed E-state index contributed by atoms with van der Waals surface area (Å²) in [5.74, 6) is -1.73. The molecule has 1 amide bonds. The highest BCUT2D eigenvalue weighted by Crippen LogP contribution is 2.30. The predicted molar refractivity (Wildman–Crippen MR) is 106 cm³/mol. The van der Waals surface area contributed by atoms with E-state index in [1.807, 2.05) is 13.0 Å². The molecule has 0 aliphatic rings. The van der Waals surface area contributed by atoms with Crippen LogP contribution in [0.15, 0.2) is 48.0 Å². The van der Waals surface area contributed by atoms with Crippen molar-refractivity contribution < 1.29 is 23.5 Å². The first-order valence-corrected chi connectivity index (χ1v) is 9.04. The summed E-state index contributed by atoms with van der Waals surface area (Å²) in [6.45, 7) is 2.49. The molecule has 0 bridgehead atoms. The molecule has 0 aliphatic heterocycles. The van der Waals surface area contributed by atoms with Gasteiger partial charge < -0.3 is 14.8 Å². The smallest absolute Gasteiger partial charge is 0.346 e. The van der Waals surface area contributed by atoms with Gasteiger partial charge in [0.2, 0.25) is 0 Å². The Labute approximate surface area is 168 Å². The lowest BCUT2D eigenvalue weighted by Crippen LogP contribution is -2.25. The van der Waals surface area contributed by atoms with E-state index in [1.165, 1.54) is 43.5 Å². The van der Waals surface area contributed by atoms with Crippen LogP contribution >= 0.6 is 0 Å². The average Bonchev–Trinajstić information content (AvgIpc) is 2.73. The van der Waals surface area contributed by atoms with Crippen LogP contribution in [0.2, 0.25) is 0 Å². The van der Waals surface area contributed by atoms with Crippen LogP contribution in [0.5, 0.6) is 11.5 Å². The van der Waals surface area contributed by atoms with Crippen LogP contribution in [-0.2, 0) is 4.79 Å². The fourth-order valence-electron chi connectivity index (χ4n) is 2.43. The van der Waals surface area contributed by atoms with Crippen LogP contribution in [0.4, 0.5) is 4.39 Å². The number of hydrogen-bond acceptors (Lipinski definition) is 5. The fourth-order valence-corrected chi connectivity index (χ4v) is 2.43. The number of unbranched alkanes of at least 4 members (excludes halogenated alkanes) is 1. The van der Waals surface area contributed by atoms with Gasteiger partial charge in [0.05, 0.1) is 12.7 Å². The van der Waals surface area contributed by atoms with E-state index in [1.54, 1.807) is 6.07 Å². The van der Waals surface area contributed by atoms with Gasteiger partial charge in [0, 0.05) is 6.54 Å². The molecule has 2 rings (SSSR count). The number of rotatable bonds is 8. The molecular formula is C22H21FN2O4. The summed E-state index contributed by atoms with van der Waals surface area (Å²) in [4.78, 5) is 24.3. The summed E-state index contributed by atoms with van der Waals surface area (Å²) >= 11 is 0. The fraction of sp³-hybridized carbons (Fsp3) is 0.227. The van der Waals surface area contributed by atoms with Crippen molar-refractivity contribution in [3.63, 3.8) is 0 Å². The summed E-state index contributed by atoms with van der Waals surface area (Å²) in [6, 6.07) is 11.9. The number of hydrogen-bond donors (Lipinski definition) is 1. The van der Waals surface area contributed by atoms with Crippen LogP contribution in [-0.4, -0.2) is 25.5 Å². The van der Waals surface area contributed by atoms with Crippen LogP contribution in [0.1, 0.15) is 35.7 Å². The summed E-state index contributed by atoms with van der Waals surface area (Å²) in [5.41, 5.74) is 0.253. The SMILES string of the molecule is CCCCNC(=O)/C(C#N)=C/c1ccc(OC(=O)c2ccccc2F)c(OC)c1. The quantitative estimate of drug-likeness (QED) is 0.241. The molecule has 1 N–H and O–H groups in total. The first-order chi connectivity index (χ1) is 14.0. The van der Waals surface area contributed by atoms with Crippen molar-refractivity contribution in [1.82, 2.24) is 5.32 Å². The molecular weight excluding hydrogens is 375 g/mol. The number of amides is 1. The highest BCUT2D eigenvalue weighted by molar-refractivity contribution is 6.01. The van der Waals surface area contributed by atoms with Crippen LogP contribution < -0.4 is 14.8 Å². The zero-order valence-electron chi connectivity index (χ0n) is 16.2. The van der Waals surface area contributed by atoms with E-state index in [2.05, 4.69) is 5.32 Å². The normalized spacial score (nSPS) is 10.8. The van der Waals surface area contributed by atoms with E-state index < -0.39 is 17.7 Å². The number of nitrogens with zero attached hydrogens (tertiary/aromatic N) is 1. The van der Waals surface area contributed by atoms with Crippen molar-refractivity contribution in [1.29, 1.82) is 5.26 Å². The van der Waals surface area contributed by atoms with Gasteiger partial charge in [-0.3, -0.25) is 4.79 Å². The molecule has 2 aromatic carbocycles. The molecule has 0 radical (unpaired) electrons. The first kappa shape index (κ1) is 21.6. The zero-order chi connectivity index (χ0) is 21.2. The third-order valence-corrected chi connectivity index (χ3v) is 3.98. The molecule has 0 aliphatic carbocycles. The number of nitrogens with one attached hydrogen (secondary N) is 1. The second kappa shape index (κ2) is 10.6.